The number of aliphatic hydroxyl groups is 1. The molecule has 1 aromatic heterocycles. The van der Waals surface area contributed by atoms with Crippen LogP contribution in [-0.2, 0) is 11.3 Å². The minimum Gasteiger partial charge on any atom is -0.395 e. The van der Waals surface area contributed by atoms with Crippen molar-refractivity contribution in [3.05, 3.63) is 47.2 Å². The molecule has 6 heteroatoms. The van der Waals surface area contributed by atoms with Crippen LogP contribution in [0.25, 0.3) is 5.69 Å². The second-order valence-corrected chi connectivity index (χ2v) is 6.02. The number of hydrogen-bond acceptors (Lipinski definition) is 4. The zero-order valence-electron chi connectivity index (χ0n) is 12.5. The first-order chi connectivity index (χ1) is 10.7. The first kappa shape index (κ1) is 15.5. The fourth-order valence-corrected chi connectivity index (χ4v) is 3.01. The van der Waals surface area contributed by atoms with Crippen LogP contribution in [0.4, 0.5) is 0 Å². The maximum Gasteiger partial charge on any atom is 0.0769 e. The molecule has 0 amide bonds. The summed E-state index contributed by atoms with van der Waals surface area (Å²) in [4.78, 5) is 2.22. The molecule has 118 valence electrons. The van der Waals surface area contributed by atoms with Gasteiger partial charge in [0.2, 0.25) is 0 Å². The number of rotatable bonds is 5. The van der Waals surface area contributed by atoms with Crippen LogP contribution in [0.15, 0.2) is 36.5 Å². The number of halogens is 1. The molecule has 0 aliphatic carbocycles. The SMILES string of the molecule is CO[C@@H]1C[C@@H](CO)N(Cc2ccn(-c3ccc(Cl)cc3)n2)C1. The summed E-state index contributed by atoms with van der Waals surface area (Å²) in [6.45, 7) is 1.69. The normalized spacial score (nSPS) is 22.3. The molecule has 3 rings (SSSR count). The van der Waals surface area contributed by atoms with Crippen molar-refractivity contribution < 1.29 is 9.84 Å². The van der Waals surface area contributed by atoms with E-state index in [-0.39, 0.29) is 18.8 Å². The van der Waals surface area contributed by atoms with Crippen molar-refractivity contribution in [1.82, 2.24) is 14.7 Å². The van der Waals surface area contributed by atoms with Crippen LogP contribution in [-0.4, -0.2) is 52.2 Å². The van der Waals surface area contributed by atoms with Crippen LogP contribution in [0, 0.1) is 0 Å². The van der Waals surface area contributed by atoms with Gasteiger partial charge in [0.05, 0.1) is 24.1 Å². The lowest BCUT2D eigenvalue weighted by atomic mass is 10.2. The first-order valence-electron chi connectivity index (χ1n) is 7.38. The molecule has 1 N–H and O–H groups in total. The van der Waals surface area contributed by atoms with E-state index in [0.717, 1.165) is 24.3 Å². The van der Waals surface area contributed by atoms with Crippen LogP contribution in [0.1, 0.15) is 12.1 Å². The van der Waals surface area contributed by atoms with E-state index in [1.54, 1.807) is 7.11 Å². The Hall–Kier alpha value is -1.40. The highest BCUT2D eigenvalue weighted by atomic mass is 35.5. The van der Waals surface area contributed by atoms with E-state index in [1.807, 2.05) is 41.2 Å². The second-order valence-electron chi connectivity index (χ2n) is 5.59. The number of aromatic nitrogens is 2. The van der Waals surface area contributed by atoms with E-state index < -0.39 is 0 Å². The molecule has 5 nitrogen and oxygen atoms in total. The van der Waals surface area contributed by atoms with Gasteiger partial charge >= 0.3 is 0 Å². The molecule has 0 unspecified atom stereocenters. The first-order valence-corrected chi connectivity index (χ1v) is 7.75. The van der Waals surface area contributed by atoms with E-state index in [4.69, 9.17) is 16.3 Å². The Morgan fingerprint density at radius 2 is 2.09 bits per heavy atom. The molecule has 1 fully saturated rings. The molecule has 1 aliphatic rings. The second kappa shape index (κ2) is 6.79. The third-order valence-electron chi connectivity index (χ3n) is 4.13. The van der Waals surface area contributed by atoms with Crippen molar-refractivity contribution in [1.29, 1.82) is 0 Å². The van der Waals surface area contributed by atoms with Crippen molar-refractivity contribution in [2.45, 2.75) is 25.1 Å². The number of benzene rings is 1. The Kier molecular flexibility index (Phi) is 4.78. The predicted octanol–water partition coefficient (Wildman–Crippen LogP) is 2.11. The Morgan fingerprint density at radius 3 is 2.77 bits per heavy atom. The molecule has 2 atom stereocenters. The number of nitrogens with zero attached hydrogens (tertiary/aromatic N) is 3. The van der Waals surface area contributed by atoms with Crippen molar-refractivity contribution in [3.63, 3.8) is 0 Å². The van der Waals surface area contributed by atoms with Gasteiger partial charge in [0.15, 0.2) is 0 Å². The molecular weight excluding hydrogens is 302 g/mol. The molecule has 2 heterocycles. The number of aliphatic hydroxyl groups excluding tert-OH is 1. The highest BCUT2D eigenvalue weighted by Crippen LogP contribution is 2.22. The van der Waals surface area contributed by atoms with E-state index >= 15 is 0 Å². The minimum atomic E-state index is 0.144. The maximum absolute atomic E-state index is 9.50. The standard InChI is InChI=1S/C16H20ClN3O2/c1-22-16-8-15(11-21)19(10-16)9-13-6-7-20(18-13)14-4-2-12(17)3-5-14/h2-7,15-16,21H,8-11H2,1H3/t15-,16+/m0/s1. The van der Waals surface area contributed by atoms with Gasteiger partial charge in [-0.25, -0.2) is 4.68 Å². The Labute approximate surface area is 135 Å². The van der Waals surface area contributed by atoms with Crippen LogP contribution < -0.4 is 0 Å². The summed E-state index contributed by atoms with van der Waals surface area (Å²) in [7, 11) is 1.72. The summed E-state index contributed by atoms with van der Waals surface area (Å²) in [6, 6.07) is 9.72. The monoisotopic (exact) mass is 321 g/mol. The third kappa shape index (κ3) is 3.33. The van der Waals surface area contributed by atoms with Crippen LogP contribution in [0.2, 0.25) is 5.02 Å². The zero-order chi connectivity index (χ0) is 15.5. The van der Waals surface area contributed by atoms with Gasteiger partial charge in [-0.2, -0.15) is 5.10 Å². The summed E-state index contributed by atoms with van der Waals surface area (Å²) >= 11 is 5.91. The number of methoxy groups -OCH3 is 1. The van der Waals surface area contributed by atoms with Gasteiger partial charge in [-0.05, 0) is 36.8 Å². The third-order valence-corrected chi connectivity index (χ3v) is 4.39. The quantitative estimate of drug-likeness (QED) is 0.916. The van der Waals surface area contributed by atoms with E-state index in [1.165, 1.54) is 0 Å². The largest absolute Gasteiger partial charge is 0.395 e. The van der Waals surface area contributed by atoms with Gasteiger partial charge in [-0.3, -0.25) is 4.90 Å². The van der Waals surface area contributed by atoms with Gasteiger partial charge in [0, 0.05) is 37.5 Å². The van der Waals surface area contributed by atoms with Crippen LogP contribution in [0.3, 0.4) is 0 Å². The van der Waals surface area contributed by atoms with E-state index in [9.17, 15) is 5.11 Å². The maximum atomic E-state index is 9.50. The van der Waals surface area contributed by atoms with Gasteiger partial charge in [-0.15, -0.1) is 0 Å². The van der Waals surface area contributed by atoms with Crippen LogP contribution in [0.5, 0.6) is 0 Å². The molecular formula is C16H20ClN3O2. The fourth-order valence-electron chi connectivity index (χ4n) is 2.88. The molecule has 1 aliphatic heterocycles. The average Bonchev–Trinajstić information content (AvgIpc) is 3.15. The molecule has 2 aromatic rings. The lowest BCUT2D eigenvalue weighted by molar-refractivity contribution is 0.107. The molecule has 0 bridgehead atoms. The average molecular weight is 322 g/mol. The molecule has 1 saturated heterocycles. The van der Waals surface area contributed by atoms with Crippen molar-refractivity contribution >= 4 is 11.6 Å². The van der Waals surface area contributed by atoms with E-state index in [0.29, 0.717) is 11.6 Å². The van der Waals surface area contributed by atoms with Gasteiger partial charge in [0.1, 0.15) is 0 Å². The molecule has 1 aromatic carbocycles. The topological polar surface area (TPSA) is 50.5 Å². The Balaban J connectivity index is 1.70. The number of likely N-dealkylation sites (tertiary alicyclic amines) is 1. The van der Waals surface area contributed by atoms with Gasteiger partial charge in [-0.1, -0.05) is 11.6 Å². The molecule has 0 radical (unpaired) electrons. The highest BCUT2D eigenvalue weighted by molar-refractivity contribution is 6.30. The van der Waals surface area contributed by atoms with Crippen molar-refractivity contribution in [3.8, 4) is 5.69 Å². The smallest absolute Gasteiger partial charge is 0.0769 e. The summed E-state index contributed by atoms with van der Waals surface area (Å²) in [6.07, 6.45) is 3.00. The van der Waals surface area contributed by atoms with E-state index in [2.05, 4.69) is 10.00 Å². The highest BCUT2D eigenvalue weighted by Gasteiger charge is 2.31. The van der Waals surface area contributed by atoms with Crippen molar-refractivity contribution in [2.75, 3.05) is 20.3 Å². The molecule has 0 spiro atoms. The Bertz CT molecular complexity index is 614. The number of ether oxygens (including phenoxy) is 1. The van der Waals surface area contributed by atoms with Crippen LogP contribution >= 0.6 is 11.6 Å². The zero-order valence-corrected chi connectivity index (χ0v) is 13.3. The predicted molar refractivity (Wildman–Crippen MR) is 85.3 cm³/mol. The lowest BCUT2D eigenvalue weighted by Gasteiger charge is -2.20. The molecule has 0 saturated carbocycles. The fraction of sp³-hybridized carbons (Fsp3) is 0.438. The Morgan fingerprint density at radius 1 is 1.32 bits per heavy atom. The van der Waals surface area contributed by atoms with Gasteiger partial charge in [0.25, 0.3) is 0 Å². The summed E-state index contributed by atoms with van der Waals surface area (Å²) in [5.74, 6) is 0. The number of hydrogen-bond donors (Lipinski definition) is 1. The molecule has 22 heavy (non-hydrogen) atoms. The van der Waals surface area contributed by atoms with Crippen molar-refractivity contribution in [2.24, 2.45) is 0 Å². The minimum absolute atomic E-state index is 0.144. The lowest BCUT2D eigenvalue weighted by Crippen LogP contribution is -2.32. The summed E-state index contributed by atoms with van der Waals surface area (Å²) in [5.41, 5.74) is 1.95. The summed E-state index contributed by atoms with van der Waals surface area (Å²) < 4.78 is 7.24. The van der Waals surface area contributed by atoms with Gasteiger partial charge < -0.3 is 9.84 Å². The summed E-state index contributed by atoms with van der Waals surface area (Å²) in [5, 5.41) is 14.8.